The Labute approximate surface area is 126 Å². The minimum absolute atomic E-state index is 0.0752. The maximum Gasteiger partial charge on any atom is 0.410 e. The zero-order valence-electron chi connectivity index (χ0n) is 13.1. The third kappa shape index (κ3) is 6.82. The molecular weight excluding hydrogens is 266 g/mol. The van der Waals surface area contributed by atoms with E-state index in [1.165, 1.54) is 4.90 Å². The number of amides is 1. The van der Waals surface area contributed by atoms with Crippen LogP contribution in [0.15, 0.2) is 24.3 Å². The lowest BCUT2D eigenvalue weighted by molar-refractivity contribution is 0.0285. The maximum absolute atomic E-state index is 11.9. The Balaban J connectivity index is 2.59. The van der Waals surface area contributed by atoms with E-state index < -0.39 is 5.60 Å². The molecule has 1 N–H and O–H groups in total. The zero-order valence-corrected chi connectivity index (χ0v) is 13.1. The Morgan fingerprint density at radius 3 is 2.43 bits per heavy atom. The summed E-state index contributed by atoms with van der Waals surface area (Å²) in [7, 11) is 1.71. The SMILES string of the molecule is CN(Cc1ccc(C#CCCO)cc1)C(=O)OC(C)(C)C. The van der Waals surface area contributed by atoms with Gasteiger partial charge in [0.25, 0.3) is 0 Å². The Bertz CT molecular complexity index is 518. The average molecular weight is 289 g/mol. The van der Waals surface area contributed by atoms with Crippen molar-refractivity contribution in [1.82, 2.24) is 4.90 Å². The van der Waals surface area contributed by atoms with Crippen molar-refractivity contribution in [2.75, 3.05) is 13.7 Å². The molecule has 21 heavy (non-hydrogen) atoms. The van der Waals surface area contributed by atoms with Gasteiger partial charge >= 0.3 is 6.09 Å². The van der Waals surface area contributed by atoms with Crippen LogP contribution in [0.1, 0.15) is 38.3 Å². The van der Waals surface area contributed by atoms with Crippen LogP contribution in [0.5, 0.6) is 0 Å². The van der Waals surface area contributed by atoms with Gasteiger partial charge in [-0.15, -0.1) is 0 Å². The molecule has 0 aliphatic heterocycles. The molecule has 1 rings (SSSR count). The fourth-order valence-electron chi connectivity index (χ4n) is 1.59. The number of aliphatic hydroxyl groups is 1. The molecule has 0 fully saturated rings. The van der Waals surface area contributed by atoms with E-state index in [2.05, 4.69) is 11.8 Å². The first-order chi connectivity index (χ1) is 9.81. The van der Waals surface area contributed by atoms with Gasteiger partial charge in [-0.05, 0) is 38.5 Å². The lowest BCUT2D eigenvalue weighted by Gasteiger charge is -2.24. The summed E-state index contributed by atoms with van der Waals surface area (Å²) in [4.78, 5) is 13.4. The van der Waals surface area contributed by atoms with Crippen molar-refractivity contribution in [2.24, 2.45) is 0 Å². The summed E-state index contributed by atoms with van der Waals surface area (Å²) in [5.41, 5.74) is 1.42. The van der Waals surface area contributed by atoms with Gasteiger partial charge in [0, 0.05) is 25.6 Å². The van der Waals surface area contributed by atoms with Crippen LogP contribution in [-0.2, 0) is 11.3 Å². The molecule has 0 heterocycles. The van der Waals surface area contributed by atoms with Crippen molar-refractivity contribution in [3.05, 3.63) is 35.4 Å². The van der Waals surface area contributed by atoms with Gasteiger partial charge in [0.2, 0.25) is 0 Å². The second kappa shape index (κ2) is 7.70. The quantitative estimate of drug-likeness (QED) is 0.871. The van der Waals surface area contributed by atoms with Crippen molar-refractivity contribution in [2.45, 2.75) is 39.3 Å². The Kier molecular flexibility index (Phi) is 6.26. The summed E-state index contributed by atoms with van der Waals surface area (Å²) in [6.45, 7) is 6.10. The van der Waals surface area contributed by atoms with Crippen molar-refractivity contribution in [3.8, 4) is 11.8 Å². The lowest BCUT2D eigenvalue weighted by Crippen LogP contribution is -2.33. The number of benzene rings is 1. The summed E-state index contributed by atoms with van der Waals surface area (Å²) in [6, 6.07) is 7.68. The Hall–Kier alpha value is -1.99. The number of aliphatic hydroxyl groups excluding tert-OH is 1. The lowest BCUT2D eigenvalue weighted by atomic mass is 10.1. The highest BCUT2D eigenvalue weighted by Crippen LogP contribution is 2.12. The van der Waals surface area contributed by atoms with E-state index in [9.17, 15) is 4.79 Å². The Morgan fingerprint density at radius 1 is 1.29 bits per heavy atom. The predicted octanol–water partition coefficient (Wildman–Crippen LogP) is 2.79. The molecule has 0 saturated carbocycles. The first kappa shape index (κ1) is 17.1. The maximum atomic E-state index is 11.9. The fraction of sp³-hybridized carbons (Fsp3) is 0.471. The smallest absolute Gasteiger partial charge is 0.410 e. The van der Waals surface area contributed by atoms with Gasteiger partial charge in [-0.2, -0.15) is 0 Å². The van der Waals surface area contributed by atoms with E-state index in [0.717, 1.165) is 11.1 Å². The first-order valence-electron chi connectivity index (χ1n) is 6.94. The monoisotopic (exact) mass is 289 g/mol. The van der Waals surface area contributed by atoms with Gasteiger partial charge in [0.1, 0.15) is 5.60 Å². The van der Waals surface area contributed by atoms with Gasteiger partial charge in [-0.1, -0.05) is 24.0 Å². The topological polar surface area (TPSA) is 49.8 Å². The molecule has 0 radical (unpaired) electrons. The number of rotatable bonds is 3. The minimum Gasteiger partial charge on any atom is -0.444 e. The van der Waals surface area contributed by atoms with Crippen LogP contribution >= 0.6 is 0 Å². The van der Waals surface area contributed by atoms with Crippen molar-refractivity contribution in [3.63, 3.8) is 0 Å². The molecule has 114 valence electrons. The summed E-state index contributed by atoms with van der Waals surface area (Å²) >= 11 is 0. The van der Waals surface area contributed by atoms with Crippen LogP contribution in [0.25, 0.3) is 0 Å². The summed E-state index contributed by atoms with van der Waals surface area (Å²) in [5, 5.41) is 8.67. The first-order valence-corrected chi connectivity index (χ1v) is 6.94. The van der Waals surface area contributed by atoms with Crippen LogP contribution < -0.4 is 0 Å². The average Bonchev–Trinajstić information content (AvgIpc) is 2.39. The predicted molar refractivity (Wildman–Crippen MR) is 82.7 cm³/mol. The molecule has 0 spiro atoms. The molecule has 0 aliphatic carbocycles. The van der Waals surface area contributed by atoms with Crippen molar-refractivity contribution >= 4 is 6.09 Å². The molecule has 0 bridgehead atoms. The number of hydrogen-bond acceptors (Lipinski definition) is 3. The normalized spacial score (nSPS) is 10.5. The summed E-state index contributed by atoms with van der Waals surface area (Å²) in [5.74, 6) is 5.84. The van der Waals surface area contributed by atoms with Gasteiger partial charge < -0.3 is 14.7 Å². The van der Waals surface area contributed by atoms with Crippen molar-refractivity contribution < 1.29 is 14.6 Å². The third-order valence-electron chi connectivity index (χ3n) is 2.55. The number of nitrogens with zero attached hydrogens (tertiary/aromatic N) is 1. The zero-order chi connectivity index (χ0) is 15.9. The molecule has 1 amide bonds. The van der Waals surface area contributed by atoms with Crippen LogP contribution in [0.2, 0.25) is 0 Å². The number of carbonyl (C=O) groups excluding carboxylic acids is 1. The standard InChI is InChI=1S/C17H23NO3/c1-17(2,3)21-16(20)18(4)13-15-10-8-14(9-11-15)7-5-6-12-19/h8-11,19H,6,12-13H2,1-4H3. The van der Waals surface area contributed by atoms with Gasteiger partial charge in [-0.25, -0.2) is 4.79 Å². The van der Waals surface area contributed by atoms with E-state index in [1.807, 2.05) is 45.0 Å². The molecule has 1 aromatic carbocycles. The summed E-state index contributed by atoms with van der Waals surface area (Å²) in [6.07, 6.45) is 0.137. The van der Waals surface area contributed by atoms with E-state index in [-0.39, 0.29) is 12.7 Å². The van der Waals surface area contributed by atoms with Crippen molar-refractivity contribution in [1.29, 1.82) is 0 Å². The van der Waals surface area contributed by atoms with Gasteiger partial charge in [-0.3, -0.25) is 0 Å². The minimum atomic E-state index is -0.489. The van der Waals surface area contributed by atoms with E-state index in [0.29, 0.717) is 13.0 Å². The molecule has 0 aromatic heterocycles. The van der Waals surface area contributed by atoms with Crippen LogP contribution in [0.4, 0.5) is 4.79 Å². The van der Waals surface area contributed by atoms with E-state index in [1.54, 1.807) is 7.05 Å². The van der Waals surface area contributed by atoms with Gasteiger partial charge in [0.15, 0.2) is 0 Å². The molecule has 0 saturated heterocycles. The van der Waals surface area contributed by atoms with E-state index in [4.69, 9.17) is 9.84 Å². The second-order valence-corrected chi connectivity index (χ2v) is 5.81. The van der Waals surface area contributed by atoms with Crippen LogP contribution in [-0.4, -0.2) is 35.4 Å². The number of carbonyl (C=O) groups is 1. The highest BCUT2D eigenvalue weighted by molar-refractivity contribution is 5.67. The molecule has 0 aliphatic rings. The molecule has 0 atom stereocenters. The van der Waals surface area contributed by atoms with Crippen LogP contribution in [0.3, 0.4) is 0 Å². The molecule has 4 nitrogen and oxygen atoms in total. The fourth-order valence-corrected chi connectivity index (χ4v) is 1.59. The van der Waals surface area contributed by atoms with E-state index >= 15 is 0 Å². The molecule has 1 aromatic rings. The number of hydrogen-bond donors (Lipinski definition) is 1. The molecular formula is C17H23NO3. The molecule has 4 heteroatoms. The summed E-state index contributed by atoms with van der Waals surface area (Å²) < 4.78 is 5.30. The molecule has 0 unspecified atom stereocenters. The third-order valence-corrected chi connectivity index (χ3v) is 2.55. The number of ether oxygens (including phenoxy) is 1. The highest BCUT2D eigenvalue weighted by Gasteiger charge is 2.19. The largest absolute Gasteiger partial charge is 0.444 e. The Morgan fingerprint density at radius 2 is 1.90 bits per heavy atom. The van der Waals surface area contributed by atoms with Gasteiger partial charge in [0.05, 0.1) is 6.61 Å². The second-order valence-electron chi connectivity index (χ2n) is 5.81. The van der Waals surface area contributed by atoms with Crippen LogP contribution in [0, 0.1) is 11.8 Å². The highest BCUT2D eigenvalue weighted by atomic mass is 16.6.